The molecule has 0 spiro atoms. The summed E-state index contributed by atoms with van der Waals surface area (Å²) in [5.74, 6) is 0. The summed E-state index contributed by atoms with van der Waals surface area (Å²) < 4.78 is 0. The zero-order valence-electron chi connectivity index (χ0n) is 4.93. The lowest BCUT2D eigenvalue weighted by molar-refractivity contribution is 1.31. The largest absolute Gasteiger partial charge is 0.335 e. The third kappa shape index (κ3) is 0.675. The van der Waals surface area contributed by atoms with Crippen molar-refractivity contribution < 1.29 is 0 Å². The molecule has 0 aromatic carbocycles. The van der Waals surface area contributed by atoms with E-state index in [4.69, 9.17) is 11.6 Å². The fourth-order valence-corrected chi connectivity index (χ4v) is 0.980. The Morgan fingerprint density at radius 1 is 1.60 bits per heavy atom. The van der Waals surface area contributed by atoms with E-state index in [-0.39, 0.29) is 0 Å². The van der Waals surface area contributed by atoms with Crippen LogP contribution in [0.3, 0.4) is 0 Å². The molecule has 0 bridgehead atoms. The number of fused-ring (bicyclic) bond motifs is 1. The molecule has 2 aromatic heterocycles. The van der Waals surface area contributed by atoms with Gasteiger partial charge in [-0.1, -0.05) is 11.6 Å². The van der Waals surface area contributed by atoms with E-state index in [2.05, 4.69) is 21.3 Å². The third-order valence-electron chi connectivity index (χ3n) is 1.24. The minimum Gasteiger partial charge on any atom is -0.335 e. The second-order valence-electron chi connectivity index (χ2n) is 1.85. The van der Waals surface area contributed by atoms with E-state index in [1.807, 2.05) is 0 Å². The van der Waals surface area contributed by atoms with Crippen molar-refractivity contribution in [2.75, 3.05) is 0 Å². The molecule has 0 saturated carbocycles. The Kier molecular flexibility index (Phi) is 1.11. The number of imidazole rings is 1. The lowest BCUT2D eigenvalue weighted by Gasteiger charge is -1.87. The number of H-pyrrole nitrogens is 1. The number of aromatic nitrogens is 3. The van der Waals surface area contributed by atoms with Crippen LogP contribution in [0.2, 0.25) is 5.15 Å². The van der Waals surface area contributed by atoms with Crippen molar-refractivity contribution >= 4 is 22.6 Å². The Morgan fingerprint density at radius 2 is 2.50 bits per heavy atom. The van der Waals surface area contributed by atoms with Gasteiger partial charge in [-0.15, -0.1) is 0 Å². The van der Waals surface area contributed by atoms with E-state index >= 15 is 0 Å². The van der Waals surface area contributed by atoms with E-state index in [1.54, 1.807) is 12.3 Å². The molecule has 0 fully saturated rings. The van der Waals surface area contributed by atoms with Gasteiger partial charge >= 0.3 is 0 Å². The Hall–Kier alpha value is -1.09. The van der Waals surface area contributed by atoms with E-state index in [0.717, 1.165) is 5.52 Å². The van der Waals surface area contributed by atoms with Gasteiger partial charge in [-0.2, -0.15) is 0 Å². The molecule has 0 aliphatic carbocycles. The smallest absolute Gasteiger partial charge is 0.174 e. The van der Waals surface area contributed by atoms with Crippen LogP contribution in [-0.2, 0) is 0 Å². The van der Waals surface area contributed by atoms with Crippen LogP contribution in [0.25, 0.3) is 11.0 Å². The van der Waals surface area contributed by atoms with Gasteiger partial charge in [0, 0.05) is 6.20 Å². The van der Waals surface area contributed by atoms with Gasteiger partial charge in [-0.05, 0) is 6.07 Å². The van der Waals surface area contributed by atoms with E-state index < -0.39 is 0 Å². The maximum absolute atomic E-state index is 5.68. The van der Waals surface area contributed by atoms with Crippen LogP contribution in [0.15, 0.2) is 12.3 Å². The molecule has 1 N–H and O–H groups in total. The third-order valence-corrected chi connectivity index (χ3v) is 1.51. The summed E-state index contributed by atoms with van der Waals surface area (Å²) >= 11 is 5.68. The fraction of sp³-hybridized carbons (Fsp3) is 0. The minimum atomic E-state index is 0.412. The quantitative estimate of drug-likeness (QED) is 0.580. The van der Waals surface area contributed by atoms with Crippen LogP contribution in [0.1, 0.15) is 0 Å². The Balaban J connectivity index is 2.95. The zero-order valence-corrected chi connectivity index (χ0v) is 5.68. The first-order valence-electron chi connectivity index (χ1n) is 2.74. The number of rotatable bonds is 0. The Bertz CT molecular complexity index is 355. The van der Waals surface area contributed by atoms with Crippen molar-refractivity contribution in [2.45, 2.75) is 0 Å². The highest BCUT2D eigenvalue weighted by molar-refractivity contribution is 6.33. The summed E-state index contributed by atoms with van der Waals surface area (Å²) in [4.78, 5) is 10.5. The van der Waals surface area contributed by atoms with Crippen molar-refractivity contribution in [1.29, 1.82) is 0 Å². The highest BCUT2D eigenvalue weighted by Crippen LogP contribution is 2.15. The summed E-state index contributed by atoms with van der Waals surface area (Å²) in [5.41, 5.74) is 1.53. The van der Waals surface area contributed by atoms with Crippen molar-refractivity contribution in [1.82, 2.24) is 15.0 Å². The summed E-state index contributed by atoms with van der Waals surface area (Å²) in [6, 6.07) is 1.80. The molecule has 49 valence electrons. The number of hydrogen-bond acceptors (Lipinski definition) is 2. The SMILES string of the molecule is Clc1nccc2[nH][c]nc12. The van der Waals surface area contributed by atoms with E-state index in [0.29, 0.717) is 10.7 Å². The van der Waals surface area contributed by atoms with Crippen LogP contribution in [0.5, 0.6) is 0 Å². The predicted octanol–water partition coefficient (Wildman–Crippen LogP) is 1.41. The molecular formula is C6H3ClN3. The second-order valence-corrected chi connectivity index (χ2v) is 2.20. The molecule has 2 rings (SSSR count). The van der Waals surface area contributed by atoms with Gasteiger partial charge in [-0.25, -0.2) is 9.97 Å². The van der Waals surface area contributed by atoms with Crippen LogP contribution < -0.4 is 0 Å². The van der Waals surface area contributed by atoms with Crippen molar-refractivity contribution in [3.05, 3.63) is 23.7 Å². The molecule has 4 heteroatoms. The maximum atomic E-state index is 5.68. The van der Waals surface area contributed by atoms with Crippen LogP contribution in [-0.4, -0.2) is 15.0 Å². The first-order valence-corrected chi connectivity index (χ1v) is 3.12. The number of aromatic amines is 1. The summed E-state index contributed by atoms with van der Waals surface area (Å²) in [7, 11) is 0. The topological polar surface area (TPSA) is 41.6 Å². The second kappa shape index (κ2) is 1.95. The monoisotopic (exact) mass is 152 g/mol. The molecule has 0 aliphatic heterocycles. The fourth-order valence-electron chi connectivity index (χ4n) is 0.780. The Labute approximate surface area is 62.1 Å². The molecular weight excluding hydrogens is 150 g/mol. The highest BCUT2D eigenvalue weighted by atomic mass is 35.5. The van der Waals surface area contributed by atoms with Gasteiger partial charge in [0.05, 0.1) is 5.52 Å². The average Bonchev–Trinajstić information content (AvgIpc) is 2.36. The molecule has 10 heavy (non-hydrogen) atoms. The summed E-state index contributed by atoms with van der Waals surface area (Å²) in [6.45, 7) is 0. The van der Waals surface area contributed by atoms with Crippen LogP contribution in [0, 0.1) is 6.33 Å². The number of hydrogen-bond donors (Lipinski definition) is 1. The predicted molar refractivity (Wildman–Crippen MR) is 37.7 cm³/mol. The van der Waals surface area contributed by atoms with Crippen LogP contribution in [0.4, 0.5) is 0 Å². The number of nitrogens with one attached hydrogen (secondary N) is 1. The molecule has 1 radical (unpaired) electrons. The number of pyridine rings is 1. The molecule has 0 amide bonds. The highest BCUT2D eigenvalue weighted by Gasteiger charge is 1.99. The van der Waals surface area contributed by atoms with Crippen molar-refractivity contribution in [3.8, 4) is 0 Å². The zero-order chi connectivity index (χ0) is 6.97. The first kappa shape index (κ1) is 5.68. The first-order chi connectivity index (χ1) is 4.88. The van der Waals surface area contributed by atoms with Gasteiger partial charge in [-0.3, -0.25) is 0 Å². The summed E-state index contributed by atoms with van der Waals surface area (Å²) in [5, 5.41) is 0.412. The molecule has 2 heterocycles. The standard InChI is InChI=1S/C6H3ClN3/c7-6-5-4(1-2-8-6)9-3-10-5/h1-2H,(H,9,10). The van der Waals surface area contributed by atoms with Gasteiger partial charge in [0.25, 0.3) is 0 Å². The van der Waals surface area contributed by atoms with Crippen LogP contribution >= 0.6 is 11.6 Å². The Morgan fingerprint density at radius 3 is 3.30 bits per heavy atom. The summed E-state index contributed by atoms with van der Waals surface area (Å²) in [6.07, 6.45) is 4.20. The molecule has 0 saturated heterocycles. The number of halogens is 1. The molecule has 3 nitrogen and oxygen atoms in total. The van der Waals surface area contributed by atoms with Crippen molar-refractivity contribution in [3.63, 3.8) is 0 Å². The molecule has 2 aromatic rings. The van der Waals surface area contributed by atoms with Gasteiger partial charge in [0.1, 0.15) is 5.52 Å². The van der Waals surface area contributed by atoms with Crippen molar-refractivity contribution in [2.24, 2.45) is 0 Å². The maximum Gasteiger partial charge on any atom is 0.174 e. The van der Waals surface area contributed by atoms with E-state index in [9.17, 15) is 0 Å². The molecule has 0 atom stereocenters. The van der Waals surface area contributed by atoms with E-state index in [1.165, 1.54) is 0 Å². The van der Waals surface area contributed by atoms with Gasteiger partial charge in [0.15, 0.2) is 11.5 Å². The average molecular weight is 153 g/mol. The van der Waals surface area contributed by atoms with Gasteiger partial charge < -0.3 is 4.98 Å². The van der Waals surface area contributed by atoms with Gasteiger partial charge in [0.2, 0.25) is 0 Å². The molecule has 0 unspecified atom stereocenters. The molecule has 0 aliphatic rings. The number of nitrogens with zero attached hydrogens (tertiary/aromatic N) is 2. The normalized spacial score (nSPS) is 10.5. The lowest BCUT2D eigenvalue weighted by Crippen LogP contribution is -1.75. The minimum absolute atomic E-state index is 0.412. The lowest BCUT2D eigenvalue weighted by atomic mass is 10.4.